The van der Waals surface area contributed by atoms with Crippen molar-refractivity contribution in [3.05, 3.63) is 65.7 Å². The van der Waals surface area contributed by atoms with Gasteiger partial charge >= 0.3 is 0 Å². The average Bonchev–Trinajstić information content (AvgIpc) is 2.68. The first-order chi connectivity index (χ1) is 12.2. The number of ether oxygens (including phenoxy) is 1. The lowest BCUT2D eigenvalue weighted by atomic mass is 10.2. The maximum atomic E-state index is 12.3. The summed E-state index contributed by atoms with van der Waals surface area (Å²) in [6, 6.07) is 19.3. The molecule has 0 bridgehead atoms. The van der Waals surface area contributed by atoms with E-state index in [4.69, 9.17) is 10.00 Å². The number of nitrogens with zero attached hydrogens (tertiary/aromatic N) is 2. The highest BCUT2D eigenvalue weighted by molar-refractivity contribution is 5.77. The Labute approximate surface area is 148 Å². The average molecular weight is 336 g/mol. The fourth-order valence-electron chi connectivity index (χ4n) is 3.00. The van der Waals surface area contributed by atoms with Gasteiger partial charge in [0.15, 0.2) is 6.61 Å². The smallest absolute Gasteiger partial charge is 0.260 e. The molecule has 1 saturated heterocycles. The Morgan fingerprint density at radius 3 is 2.40 bits per heavy atom. The Morgan fingerprint density at radius 2 is 1.76 bits per heavy atom. The van der Waals surface area contributed by atoms with E-state index in [1.807, 2.05) is 11.0 Å². The van der Waals surface area contributed by atoms with Crippen molar-refractivity contribution in [2.24, 2.45) is 0 Å². The van der Waals surface area contributed by atoms with E-state index in [1.165, 1.54) is 10.5 Å². The van der Waals surface area contributed by atoms with E-state index < -0.39 is 0 Å². The third-order valence-corrected chi connectivity index (χ3v) is 4.47. The van der Waals surface area contributed by atoms with Gasteiger partial charge in [-0.2, -0.15) is 5.26 Å². The normalized spacial score (nSPS) is 14.8. The van der Waals surface area contributed by atoms with Gasteiger partial charge in [-0.1, -0.05) is 30.3 Å². The van der Waals surface area contributed by atoms with Crippen LogP contribution in [0.5, 0.6) is 5.75 Å². The van der Waals surface area contributed by atoms with Gasteiger partial charge in [-0.15, -0.1) is 0 Å². The molecule has 5 nitrogen and oxygen atoms in total. The molecule has 2 aromatic carbocycles. The van der Waals surface area contributed by atoms with E-state index in [0.717, 1.165) is 32.7 Å². The van der Waals surface area contributed by atoms with E-state index in [0.29, 0.717) is 11.3 Å². The van der Waals surface area contributed by atoms with E-state index in [9.17, 15) is 4.79 Å². The standard InChI is InChI=1S/C20H21N3O2/c21-14-17-6-8-19(9-7-17)25-16-20(24)23-12-10-22(11-13-23)15-18-4-2-1-3-5-18/h1-9H,10-13,15-16H2/p+1. The van der Waals surface area contributed by atoms with Gasteiger partial charge in [0.05, 0.1) is 37.8 Å². The van der Waals surface area contributed by atoms with Gasteiger partial charge in [-0.05, 0) is 24.3 Å². The number of nitrogens with one attached hydrogen (secondary N) is 1. The molecule has 0 radical (unpaired) electrons. The minimum absolute atomic E-state index is 0.0168. The second-order valence-electron chi connectivity index (χ2n) is 6.22. The predicted octanol–water partition coefficient (Wildman–Crippen LogP) is 0.864. The topological polar surface area (TPSA) is 57.8 Å². The van der Waals surface area contributed by atoms with Crippen molar-refractivity contribution < 1.29 is 14.4 Å². The first-order valence-corrected chi connectivity index (χ1v) is 8.53. The number of rotatable bonds is 5. The molecule has 5 heteroatoms. The van der Waals surface area contributed by atoms with Gasteiger partial charge in [-0.25, -0.2) is 0 Å². The van der Waals surface area contributed by atoms with Crippen LogP contribution in [0.15, 0.2) is 54.6 Å². The van der Waals surface area contributed by atoms with Gasteiger partial charge in [0.2, 0.25) is 0 Å². The number of carbonyl (C=O) groups excluding carboxylic acids is 1. The van der Waals surface area contributed by atoms with Crippen LogP contribution in [0.2, 0.25) is 0 Å². The van der Waals surface area contributed by atoms with Gasteiger partial charge in [0, 0.05) is 5.56 Å². The zero-order chi connectivity index (χ0) is 17.5. The summed E-state index contributed by atoms with van der Waals surface area (Å²) in [4.78, 5) is 15.7. The molecule has 1 amide bonds. The molecule has 2 aromatic rings. The lowest BCUT2D eigenvalue weighted by Gasteiger charge is -2.32. The third-order valence-electron chi connectivity index (χ3n) is 4.47. The van der Waals surface area contributed by atoms with Crippen molar-refractivity contribution in [3.63, 3.8) is 0 Å². The Hall–Kier alpha value is -2.84. The first kappa shape index (κ1) is 17.0. The molecule has 1 aliphatic rings. The number of benzene rings is 2. The summed E-state index contributed by atoms with van der Waals surface area (Å²) in [6.07, 6.45) is 0. The summed E-state index contributed by atoms with van der Waals surface area (Å²) in [7, 11) is 0. The van der Waals surface area contributed by atoms with Crippen LogP contribution in [-0.4, -0.2) is 43.6 Å². The van der Waals surface area contributed by atoms with Crippen molar-refractivity contribution in [1.82, 2.24) is 4.90 Å². The Morgan fingerprint density at radius 1 is 1.08 bits per heavy atom. The van der Waals surface area contributed by atoms with E-state index in [-0.39, 0.29) is 12.5 Å². The zero-order valence-corrected chi connectivity index (χ0v) is 14.1. The predicted molar refractivity (Wildman–Crippen MR) is 94.1 cm³/mol. The fourth-order valence-corrected chi connectivity index (χ4v) is 3.00. The van der Waals surface area contributed by atoms with Crippen LogP contribution >= 0.6 is 0 Å². The molecule has 0 aromatic heterocycles. The molecule has 0 unspecified atom stereocenters. The highest BCUT2D eigenvalue weighted by atomic mass is 16.5. The number of hydrogen-bond donors (Lipinski definition) is 1. The van der Waals surface area contributed by atoms with Crippen molar-refractivity contribution in [2.45, 2.75) is 6.54 Å². The summed E-state index contributed by atoms with van der Waals surface area (Å²) in [5.74, 6) is 0.629. The van der Waals surface area contributed by atoms with Crippen LogP contribution in [0.3, 0.4) is 0 Å². The molecule has 0 aliphatic carbocycles. The second kappa shape index (κ2) is 8.32. The zero-order valence-electron chi connectivity index (χ0n) is 14.1. The number of piperazine rings is 1. The fraction of sp³-hybridized carbons (Fsp3) is 0.300. The monoisotopic (exact) mass is 336 g/mol. The van der Waals surface area contributed by atoms with E-state index in [1.54, 1.807) is 24.3 Å². The highest BCUT2D eigenvalue weighted by Gasteiger charge is 2.23. The minimum atomic E-state index is 0.0168. The van der Waals surface area contributed by atoms with Crippen LogP contribution < -0.4 is 9.64 Å². The van der Waals surface area contributed by atoms with Crippen molar-refractivity contribution in [1.29, 1.82) is 5.26 Å². The number of quaternary nitrogens is 1. The van der Waals surface area contributed by atoms with Crippen LogP contribution in [0.25, 0.3) is 0 Å². The molecular weight excluding hydrogens is 314 g/mol. The molecule has 0 saturated carbocycles. The largest absolute Gasteiger partial charge is 0.484 e. The van der Waals surface area contributed by atoms with Crippen LogP contribution in [0.1, 0.15) is 11.1 Å². The highest BCUT2D eigenvalue weighted by Crippen LogP contribution is 2.11. The molecule has 1 heterocycles. The quantitative estimate of drug-likeness (QED) is 0.881. The van der Waals surface area contributed by atoms with E-state index >= 15 is 0 Å². The summed E-state index contributed by atoms with van der Waals surface area (Å²) in [6.45, 7) is 4.48. The van der Waals surface area contributed by atoms with Crippen molar-refractivity contribution >= 4 is 5.91 Å². The summed E-state index contributed by atoms with van der Waals surface area (Å²) < 4.78 is 5.54. The van der Waals surface area contributed by atoms with E-state index in [2.05, 4.69) is 30.3 Å². The van der Waals surface area contributed by atoms with Gasteiger partial charge in [0.1, 0.15) is 12.3 Å². The number of amides is 1. The molecule has 1 fully saturated rings. The second-order valence-corrected chi connectivity index (χ2v) is 6.22. The molecule has 1 N–H and O–H groups in total. The minimum Gasteiger partial charge on any atom is -0.484 e. The molecule has 0 atom stereocenters. The van der Waals surface area contributed by atoms with Crippen LogP contribution in [-0.2, 0) is 11.3 Å². The Bertz CT molecular complexity index is 730. The van der Waals surface area contributed by atoms with Crippen molar-refractivity contribution in [2.75, 3.05) is 32.8 Å². The lowest BCUT2D eigenvalue weighted by Crippen LogP contribution is -3.13. The van der Waals surface area contributed by atoms with Gasteiger partial charge < -0.3 is 14.5 Å². The molecule has 3 rings (SSSR count). The number of carbonyl (C=O) groups is 1. The lowest BCUT2D eigenvalue weighted by molar-refractivity contribution is -0.917. The SMILES string of the molecule is N#Cc1ccc(OCC(=O)N2CC[NH+](Cc3ccccc3)CC2)cc1. The Balaban J connectivity index is 1.42. The third kappa shape index (κ3) is 4.82. The number of hydrogen-bond acceptors (Lipinski definition) is 3. The molecular formula is C20H22N3O2+. The maximum Gasteiger partial charge on any atom is 0.260 e. The molecule has 1 aliphatic heterocycles. The molecule has 25 heavy (non-hydrogen) atoms. The molecule has 128 valence electrons. The van der Waals surface area contributed by atoms with Crippen LogP contribution in [0.4, 0.5) is 0 Å². The summed E-state index contributed by atoms with van der Waals surface area (Å²) >= 11 is 0. The first-order valence-electron chi connectivity index (χ1n) is 8.53. The molecule has 0 spiro atoms. The summed E-state index contributed by atoms with van der Waals surface area (Å²) in [5, 5.41) is 8.78. The Kier molecular flexibility index (Phi) is 5.65. The maximum absolute atomic E-state index is 12.3. The summed E-state index contributed by atoms with van der Waals surface area (Å²) in [5.41, 5.74) is 1.91. The van der Waals surface area contributed by atoms with Gasteiger partial charge in [-0.3, -0.25) is 4.79 Å². The number of nitriles is 1. The van der Waals surface area contributed by atoms with Crippen molar-refractivity contribution in [3.8, 4) is 11.8 Å². The van der Waals surface area contributed by atoms with Gasteiger partial charge in [0.25, 0.3) is 5.91 Å². The van der Waals surface area contributed by atoms with Crippen LogP contribution in [0, 0.1) is 11.3 Å².